The minimum atomic E-state index is -0.484. The Balaban J connectivity index is 2.18. The first kappa shape index (κ1) is 13.8. The zero-order valence-electron chi connectivity index (χ0n) is 10.7. The highest BCUT2D eigenvalue weighted by atomic mass is 16.6. The number of ketones is 1. The highest BCUT2D eigenvalue weighted by Crippen LogP contribution is 2.20. The highest BCUT2D eigenvalue weighted by molar-refractivity contribution is 5.79. The topological polar surface area (TPSA) is 100 Å². The number of hydrogen-bond donors (Lipinski definition) is 0. The van der Waals surface area contributed by atoms with Gasteiger partial charge in [-0.25, -0.2) is 9.67 Å². The van der Waals surface area contributed by atoms with Gasteiger partial charge < -0.3 is 4.74 Å². The summed E-state index contributed by atoms with van der Waals surface area (Å²) in [6, 6.07) is 6.01. The Kier molecular flexibility index (Phi) is 4.16. The molecule has 0 radical (unpaired) electrons. The minimum absolute atomic E-state index is 0.00595. The maximum Gasteiger partial charge on any atom is 0.270 e. The second-order valence-electron chi connectivity index (χ2n) is 4.04. The van der Waals surface area contributed by atoms with E-state index >= 15 is 0 Å². The van der Waals surface area contributed by atoms with Gasteiger partial charge in [0.15, 0.2) is 11.6 Å². The van der Waals surface area contributed by atoms with Crippen LogP contribution in [0, 0.1) is 10.1 Å². The summed E-state index contributed by atoms with van der Waals surface area (Å²) in [4.78, 5) is 25.7. The number of ether oxygens (including phenoxy) is 1. The third-order valence-corrected chi connectivity index (χ3v) is 2.50. The summed E-state index contributed by atoms with van der Waals surface area (Å²) < 4.78 is 6.09. The number of nitro benzene ring substituents is 1. The van der Waals surface area contributed by atoms with E-state index in [1.54, 1.807) is 12.1 Å². The van der Waals surface area contributed by atoms with E-state index in [0.29, 0.717) is 11.4 Å². The third-order valence-electron chi connectivity index (χ3n) is 2.50. The van der Waals surface area contributed by atoms with Gasteiger partial charge in [-0.3, -0.25) is 14.9 Å². The molecule has 2 aromatic rings. The van der Waals surface area contributed by atoms with Gasteiger partial charge in [0.2, 0.25) is 0 Å². The van der Waals surface area contributed by atoms with Gasteiger partial charge in [-0.05, 0) is 0 Å². The second kappa shape index (κ2) is 6.02. The van der Waals surface area contributed by atoms with E-state index in [-0.39, 0.29) is 24.6 Å². The number of hydrogen-bond acceptors (Lipinski definition) is 6. The molecule has 2 rings (SSSR count). The Bertz CT molecular complexity index is 638. The number of carbonyl (C=O) groups excluding carboxylic acids is 1. The van der Waals surface area contributed by atoms with E-state index in [1.807, 2.05) is 0 Å². The molecule has 8 nitrogen and oxygen atoms in total. The Morgan fingerprint density at radius 2 is 2.30 bits per heavy atom. The molecule has 1 aromatic carbocycles. The molecule has 0 bridgehead atoms. The molecule has 0 spiro atoms. The summed E-state index contributed by atoms with van der Waals surface area (Å²) in [6.07, 6.45) is 1.40. The fourth-order valence-corrected chi connectivity index (χ4v) is 1.65. The average molecular weight is 276 g/mol. The number of rotatable bonds is 6. The third kappa shape index (κ3) is 3.23. The molecule has 8 heteroatoms. The minimum Gasteiger partial charge on any atom is -0.377 e. The van der Waals surface area contributed by atoms with Crippen molar-refractivity contribution in [2.45, 2.75) is 6.54 Å². The first-order valence-corrected chi connectivity index (χ1v) is 5.75. The molecule has 0 amide bonds. The number of aromatic nitrogens is 3. The predicted octanol–water partition coefficient (Wildman–Crippen LogP) is 1.07. The van der Waals surface area contributed by atoms with Crippen molar-refractivity contribution in [1.82, 2.24) is 14.8 Å². The molecule has 0 saturated heterocycles. The molecule has 0 aliphatic heterocycles. The maximum atomic E-state index is 11.4. The van der Waals surface area contributed by atoms with E-state index in [1.165, 1.54) is 30.3 Å². The van der Waals surface area contributed by atoms with Crippen LogP contribution in [-0.4, -0.2) is 39.2 Å². The SMILES string of the molecule is COCC(=O)Cn1cnc(-c2cccc([N+](=O)[O-])c2)n1. The number of Topliss-reactive ketones (excluding diaryl/α,β-unsaturated/α-hetero) is 1. The average Bonchev–Trinajstić information content (AvgIpc) is 2.87. The normalized spacial score (nSPS) is 10.4. The fourth-order valence-electron chi connectivity index (χ4n) is 1.65. The Labute approximate surface area is 114 Å². The Morgan fingerprint density at radius 1 is 1.50 bits per heavy atom. The zero-order chi connectivity index (χ0) is 14.5. The predicted molar refractivity (Wildman–Crippen MR) is 69.0 cm³/mol. The van der Waals surface area contributed by atoms with Gasteiger partial charge in [-0.1, -0.05) is 12.1 Å². The van der Waals surface area contributed by atoms with Crippen molar-refractivity contribution in [3.05, 3.63) is 40.7 Å². The van der Waals surface area contributed by atoms with Crippen LogP contribution in [0.5, 0.6) is 0 Å². The van der Waals surface area contributed by atoms with Crippen molar-refractivity contribution in [1.29, 1.82) is 0 Å². The van der Waals surface area contributed by atoms with Gasteiger partial charge in [-0.15, -0.1) is 0 Å². The Hall–Kier alpha value is -2.61. The summed E-state index contributed by atoms with van der Waals surface area (Å²) >= 11 is 0. The van der Waals surface area contributed by atoms with E-state index < -0.39 is 4.92 Å². The van der Waals surface area contributed by atoms with E-state index in [9.17, 15) is 14.9 Å². The summed E-state index contributed by atoms with van der Waals surface area (Å²) in [5, 5.41) is 14.8. The van der Waals surface area contributed by atoms with Crippen LogP contribution in [0.1, 0.15) is 0 Å². The van der Waals surface area contributed by atoms with E-state index in [2.05, 4.69) is 10.1 Å². The van der Waals surface area contributed by atoms with Crippen LogP contribution in [-0.2, 0) is 16.1 Å². The molecule has 20 heavy (non-hydrogen) atoms. The Morgan fingerprint density at radius 3 is 3.00 bits per heavy atom. The van der Waals surface area contributed by atoms with Gasteiger partial charge in [0.1, 0.15) is 19.5 Å². The lowest BCUT2D eigenvalue weighted by Gasteiger charge is -1.99. The zero-order valence-corrected chi connectivity index (χ0v) is 10.7. The smallest absolute Gasteiger partial charge is 0.270 e. The van der Waals surface area contributed by atoms with Crippen LogP contribution in [0.25, 0.3) is 11.4 Å². The molecule has 0 atom stereocenters. The summed E-state index contributed by atoms with van der Waals surface area (Å²) in [5.41, 5.74) is 0.492. The molecular weight excluding hydrogens is 264 g/mol. The van der Waals surface area contributed by atoms with Gasteiger partial charge in [-0.2, -0.15) is 5.10 Å². The first-order chi connectivity index (χ1) is 9.60. The quantitative estimate of drug-likeness (QED) is 0.578. The standard InChI is InChI=1S/C12H12N4O4/c1-20-7-11(17)6-15-8-13-12(14-15)9-3-2-4-10(5-9)16(18)19/h2-5,8H,6-7H2,1H3. The molecular formula is C12H12N4O4. The maximum absolute atomic E-state index is 11.4. The van der Waals surface area contributed by atoms with E-state index in [0.717, 1.165) is 0 Å². The van der Waals surface area contributed by atoms with Crippen LogP contribution in [0.4, 0.5) is 5.69 Å². The molecule has 1 aromatic heterocycles. The molecule has 0 aliphatic carbocycles. The van der Waals surface area contributed by atoms with Gasteiger partial charge in [0, 0.05) is 24.8 Å². The van der Waals surface area contributed by atoms with Crippen molar-refractivity contribution in [2.24, 2.45) is 0 Å². The highest BCUT2D eigenvalue weighted by Gasteiger charge is 2.11. The first-order valence-electron chi connectivity index (χ1n) is 5.75. The van der Waals surface area contributed by atoms with Gasteiger partial charge in [0.25, 0.3) is 5.69 Å². The van der Waals surface area contributed by atoms with Crippen molar-refractivity contribution in [3.8, 4) is 11.4 Å². The molecule has 1 heterocycles. The molecule has 0 unspecified atom stereocenters. The van der Waals surface area contributed by atoms with Crippen molar-refractivity contribution < 1.29 is 14.5 Å². The molecule has 0 N–H and O–H groups in total. The van der Waals surface area contributed by atoms with Crippen molar-refractivity contribution in [3.63, 3.8) is 0 Å². The largest absolute Gasteiger partial charge is 0.377 e. The molecule has 0 saturated carbocycles. The molecule has 0 fully saturated rings. The van der Waals surface area contributed by atoms with Crippen LogP contribution in [0.3, 0.4) is 0 Å². The van der Waals surface area contributed by atoms with Crippen molar-refractivity contribution >= 4 is 11.5 Å². The van der Waals surface area contributed by atoms with Crippen LogP contribution in [0.15, 0.2) is 30.6 Å². The summed E-state index contributed by atoms with van der Waals surface area (Å²) in [5.74, 6) is 0.196. The van der Waals surface area contributed by atoms with Crippen LogP contribution in [0.2, 0.25) is 0 Å². The lowest BCUT2D eigenvalue weighted by atomic mass is 10.2. The number of carbonyl (C=O) groups is 1. The van der Waals surface area contributed by atoms with Gasteiger partial charge in [0.05, 0.1) is 4.92 Å². The number of nitrogens with zero attached hydrogens (tertiary/aromatic N) is 4. The second-order valence-corrected chi connectivity index (χ2v) is 4.04. The van der Waals surface area contributed by atoms with Crippen LogP contribution < -0.4 is 0 Å². The number of benzene rings is 1. The number of methoxy groups -OCH3 is 1. The van der Waals surface area contributed by atoms with Crippen molar-refractivity contribution in [2.75, 3.05) is 13.7 Å². The van der Waals surface area contributed by atoms with E-state index in [4.69, 9.17) is 4.74 Å². The summed E-state index contributed by atoms with van der Waals surface area (Å²) in [7, 11) is 1.44. The number of non-ortho nitro benzene ring substituents is 1. The molecule has 0 aliphatic rings. The van der Waals surface area contributed by atoms with Crippen LogP contribution >= 0.6 is 0 Å². The fraction of sp³-hybridized carbons (Fsp3) is 0.250. The number of nitro groups is 1. The molecule has 104 valence electrons. The lowest BCUT2D eigenvalue weighted by molar-refractivity contribution is -0.384. The summed E-state index contributed by atoms with van der Waals surface area (Å²) in [6.45, 7) is 0.0573. The monoisotopic (exact) mass is 276 g/mol. The van der Waals surface area contributed by atoms with Gasteiger partial charge >= 0.3 is 0 Å². The lowest BCUT2D eigenvalue weighted by Crippen LogP contribution is -2.15.